The first-order valence-corrected chi connectivity index (χ1v) is 15.6. The van der Waals surface area contributed by atoms with Gasteiger partial charge in [-0.15, -0.1) is 0 Å². The lowest BCUT2D eigenvalue weighted by molar-refractivity contribution is -0.139. The van der Waals surface area contributed by atoms with Crippen molar-refractivity contribution in [3.8, 4) is 0 Å². The Balaban J connectivity index is 1.55. The molecule has 0 saturated carbocycles. The van der Waals surface area contributed by atoms with Crippen molar-refractivity contribution in [1.29, 1.82) is 0 Å². The zero-order chi connectivity index (χ0) is 28.7. The maximum Gasteiger partial charge on any atom is 0.295 e. The minimum absolute atomic E-state index is 0.107. The molecule has 0 bridgehead atoms. The maximum atomic E-state index is 13.2. The van der Waals surface area contributed by atoms with Crippen LogP contribution in [0.25, 0.3) is 5.76 Å². The van der Waals surface area contributed by atoms with E-state index in [0.29, 0.717) is 12.1 Å². The number of Topliss-reactive ketones (excluding diaryl/α,β-unsaturated/α-hetero) is 1. The monoisotopic (exact) mass is 546 g/mol. The molecule has 218 valence electrons. The third kappa shape index (κ3) is 8.97. The third-order valence-electron chi connectivity index (χ3n) is 8.06. The number of rotatable bonds is 18. The highest BCUT2D eigenvalue weighted by Crippen LogP contribution is 2.40. The number of carbonyl (C=O) groups excluding carboxylic acids is 2. The van der Waals surface area contributed by atoms with Gasteiger partial charge in [0.15, 0.2) is 0 Å². The zero-order valence-corrected chi connectivity index (χ0v) is 25.0. The van der Waals surface area contributed by atoms with E-state index < -0.39 is 17.7 Å². The molecule has 1 N–H and O–H groups in total. The highest BCUT2D eigenvalue weighted by molar-refractivity contribution is 6.46. The molecule has 1 aliphatic rings. The number of hydrogen-bond acceptors (Lipinski definition) is 4. The number of aliphatic hydroxyl groups is 1. The molecule has 1 unspecified atom stereocenters. The molecule has 2 aromatic rings. The molecule has 0 aliphatic carbocycles. The molecule has 1 aliphatic heterocycles. The Morgan fingerprint density at radius 3 is 1.73 bits per heavy atom. The van der Waals surface area contributed by atoms with E-state index in [1.165, 1.54) is 70.6 Å². The number of benzene rings is 2. The number of amides is 1. The molecule has 1 fully saturated rings. The van der Waals surface area contributed by atoms with E-state index in [-0.39, 0.29) is 11.3 Å². The number of hydrogen-bond donors (Lipinski definition) is 1. The lowest BCUT2D eigenvalue weighted by Crippen LogP contribution is -2.30. The van der Waals surface area contributed by atoms with E-state index in [4.69, 9.17) is 0 Å². The first kappa shape index (κ1) is 31.4. The van der Waals surface area contributed by atoms with E-state index in [1.54, 1.807) is 17.0 Å². The summed E-state index contributed by atoms with van der Waals surface area (Å²) in [5.41, 5.74) is 2.61. The van der Waals surface area contributed by atoms with Crippen molar-refractivity contribution < 1.29 is 14.7 Å². The van der Waals surface area contributed by atoms with Crippen molar-refractivity contribution in [2.75, 3.05) is 25.5 Å². The number of carbonyl (C=O) groups is 2. The number of likely N-dealkylation sites (tertiary alicyclic amines) is 1. The zero-order valence-electron chi connectivity index (χ0n) is 25.0. The Bertz CT molecular complexity index is 1080. The van der Waals surface area contributed by atoms with Gasteiger partial charge in [0.1, 0.15) is 5.76 Å². The molecule has 40 heavy (non-hydrogen) atoms. The van der Waals surface area contributed by atoms with Gasteiger partial charge in [-0.3, -0.25) is 9.59 Å². The first-order chi connectivity index (χ1) is 19.5. The fourth-order valence-electron chi connectivity index (χ4n) is 5.64. The highest BCUT2D eigenvalue weighted by Gasteiger charge is 2.45. The molecule has 1 amide bonds. The smallest absolute Gasteiger partial charge is 0.295 e. The third-order valence-corrected chi connectivity index (χ3v) is 8.06. The van der Waals surface area contributed by atoms with Gasteiger partial charge in [-0.2, -0.15) is 0 Å². The van der Waals surface area contributed by atoms with Gasteiger partial charge in [-0.25, -0.2) is 0 Å². The Morgan fingerprint density at radius 1 is 0.725 bits per heavy atom. The van der Waals surface area contributed by atoms with Crippen LogP contribution in [-0.4, -0.2) is 42.3 Å². The number of unbranched alkanes of at least 4 members (excludes halogenated alkanes) is 13. The van der Waals surface area contributed by atoms with E-state index in [0.717, 1.165) is 30.5 Å². The van der Waals surface area contributed by atoms with Crippen LogP contribution in [-0.2, 0) is 9.59 Å². The second kappa shape index (κ2) is 16.9. The van der Waals surface area contributed by atoms with Crippen LogP contribution in [0.5, 0.6) is 0 Å². The average Bonchev–Trinajstić information content (AvgIpc) is 3.22. The molecule has 5 nitrogen and oxygen atoms in total. The number of anilines is 1. The first-order valence-electron chi connectivity index (χ1n) is 15.6. The van der Waals surface area contributed by atoms with Gasteiger partial charge in [-0.1, -0.05) is 133 Å². The summed E-state index contributed by atoms with van der Waals surface area (Å²) in [6.07, 6.45) is 17.8. The Kier molecular flexibility index (Phi) is 13.3. The molecule has 0 spiro atoms. The average molecular weight is 547 g/mol. The fourth-order valence-corrected chi connectivity index (χ4v) is 5.64. The molecular weight excluding hydrogens is 496 g/mol. The second-order valence-corrected chi connectivity index (χ2v) is 11.4. The Hall–Kier alpha value is -3.08. The molecule has 3 rings (SSSR count). The second-order valence-electron chi connectivity index (χ2n) is 11.4. The van der Waals surface area contributed by atoms with Crippen LogP contribution < -0.4 is 4.90 Å². The lowest BCUT2D eigenvalue weighted by atomic mass is 9.95. The molecule has 0 radical (unpaired) electrons. The molecule has 1 atom stereocenters. The van der Waals surface area contributed by atoms with E-state index >= 15 is 0 Å². The molecular formula is C35H50N2O3. The summed E-state index contributed by atoms with van der Waals surface area (Å²) in [4.78, 5) is 30.1. The number of nitrogens with zero attached hydrogens (tertiary/aromatic N) is 2. The standard InChI is InChI=1S/C35H50N2O3/c1-4-5-6-7-8-9-10-11-12-13-14-15-16-20-27-37-32(28-23-25-30(26-24-28)36(2)3)31(34(39)35(37)40)33(38)29-21-18-17-19-22-29/h17-19,21-26,32,38H,4-16,20,27H2,1-3H3. The van der Waals surface area contributed by atoms with Crippen molar-refractivity contribution in [3.63, 3.8) is 0 Å². The van der Waals surface area contributed by atoms with Gasteiger partial charge in [-0.05, 0) is 24.1 Å². The summed E-state index contributed by atoms with van der Waals surface area (Å²) in [5.74, 6) is -1.23. The van der Waals surface area contributed by atoms with Crippen LogP contribution in [0.4, 0.5) is 5.69 Å². The van der Waals surface area contributed by atoms with Crippen LogP contribution >= 0.6 is 0 Å². The highest BCUT2D eigenvalue weighted by atomic mass is 16.3. The molecule has 5 heteroatoms. The Morgan fingerprint density at radius 2 is 1.23 bits per heavy atom. The summed E-state index contributed by atoms with van der Waals surface area (Å²) in [7, 11) is 3.96. The largest absolute Gasteiger partial charge is 0.507 e. The topological polar surface area (TPSA) is 60.9 Å². The van der Waals surface area contributed by atoms with Gasteiger partial charge in [0.05, 0.1) is 11.6 Å². The van der Waals surface area contributed by atoms with Gasteiger partial charge in [0.2, 0.25) is 0 Å². The number of ketones is 1. The summed E-state index contributed by atoms with van der Waals surface area (Å²) in [6.45, 7) is 2.77. The quantitative estimate of drug-likeness (QED) is 0.0879. The summed E-state index contributed by atoms with van der Waals surface area (Å²) >= 11 is 0. The normalized spacial score (nSPS) is 16.6. The maximum absolute atomic E-state index is 13.2. The summed E-state index contributed by atoms with van der Waals surface area (Å²) < 4.78 is 0. The summed E-state index contributed by atoms with van der Waals surface area (Å²) in [6, 6.07) is 16.4. The van der Waals surface area contributed by atoms with Crippen LogP contribution in [0.15, 0.2) is 60.2 Å². The van der Waals surface area contributed by atoms with Crippen molar-refractivity contribution in [1.82, 2.24) is 4.90 Å². The minimum atomic E-state index is -0.603. The number of aliphatic hydroxyl groups excluding tert-OH is 1. The van der Waals surface area contributed by atoms with Gasteiger partial charge < -0.3 is 14.9 Å². The molecule has 2 aromatic carbocycles. The van der Waals surface area contributed by atoms with Crippen molar-refractivity contribution >= 4 is 23.1 Å². The van der Waals surface area contributed by atoms with Crippen LogP contribution in [0, 0.1) is 0 Å². The predicted octanol–water partition coefficient (Wildman–Crippen LogP) is 8.66. The van der Waals surface area contributed by atoms with E-state index in [2.05, 4.69) is 6.92 Å². The Labute approximate surface area is 242 Å². The van der Waals surface area contributed by atoms with Crippen LogP contribution in [0.1, 0.15) is 114 Å². The van der Waals surface area contributed by atoms with Gasteiger partial charge in [0, 0.05) is 31.9 Å². The SMILES string of the molecule is CCCCCCCCCCCCCCCCN1C(=O)C(=O)C(=C(O)c2ccccc2)C1c1ccc(N(C)C)cc1. The van der Waals surface area contributed by atoms with Crippen molar-refractivity contribution in [2.24, 2.45) is 0 Å². The molecule has 1 heterocycles. The van der Waals surface area contributed by atoms with Gasteiger partial charge in [0.25, 0.3) is 11.7 Å². The summed E-state index contributed by atoms with van der Waals surface area (Å²) in [5, 5.41) is 11.2. The van der Waals surface area contributed by atoms with Crippen LogP contribution in [0.3, 0.4) is 0 Å². The van der Waals surface area contributed by atoms with E-state index in [9.17, 15) is 14.7 Å². The fraction of sp³-hybridized carbons (Fsp3) is 0.543. The van der Waals surface area contributed by atoms with Gasteiger partial charge >= 0.3 is 0 Å². The van der Waals surface area contributed by atoms with Crippen molar-refractivity contribution in [2.45, 2.75) is 103 Å². The lowest BCUT2D eigenvalue weighted by Gasteiger charge is -2.26. The predicted molar refractivity (Wildman–Crippen MR) is 167 cm³/mol. The molecule has 0 aromatic heterocycles. The van der Waals surface area contributed by atoms with Crippen molar-refractivity contribution in [3.05, 3.63) is 71.3 Å². The molecule has 1 saturated heterocycles. The van der Waals surface area contributed by atoms with Crippen LogP contribution in [0.2, 0.25) is 0 Å². The van der Waals surface area contributed by atoms with E-state index in [1.807, 2.05) is 61.5 Å². The minimum Gasteiger partial charge on any atom is -0.507 e.